The lowest BCUT2D eigenvalue weighted by Gasteiger charge is -2.15. The van der Waals surface area contributed by atoms with Crippen molar-refractivity contribution in [3.05, 3.63) is 35.9 Å². The smallest absolute Gasteiger partial charge is 0.0489 e. The van der Waals surface area contributed by atoms with Crippen molar-refractivity contribution in [3.63, 3.8) is 0 Å². The van der Waals surface area contributed by atoms with Crippen LogP contribution in [0.15, 0.2) is 30.3 Å². The average molecular weight is 163 g/mol. The van der Waals surface area contributed by atoms with Gasteiger partial charge in [0.25, 0.3) is 0 Å². The van der Waals surface area contributed by atoms with Crippen molar-refractivity contribution < 1.29 is 9.90 Å². The van der Waals surface area contributed by atoms with Gasteiger partial charge in [0.1, 0.15) is 0 Å². The van der Waals surface area contributed by atoms with E-state index in [2.05, 4.69) is 0 Å². The number of rotatable bonds is 3. The van der Waals surface area contributed by atoms with Crippen LogP contribution in [0, 0.1) is 0 Å². The summed E-state index contributed by atoms with van der Waals surface area (Å²) in [4.78, 5) is 10.6. The molecule has 0 N–H and O–H groups in total. The standard InChI is InChI=1S/C10H12O2/c1-2-9(10(11)12)8-6-4-3-5-7-8/h3-7,9H,2H2,1H3,(H,11,12)/p-1/t9-/m0/s1. The lowest BCUT2D eigenvalue weighted by atomic mass is 9.97. The molecular weight excluding hydrogens is 152 g/mol. The fourth-order valence-corrected chi connectivity index (χ4v) is 1.22. The van der Waals surface area contributed by atoms with Crippen LogP contribution in [0.3, 0.4) is 0 Å². The maximum absolute atomic E-state index is 10.6. The molecule has 1 aromatic carbocycles. The van der Waals surface area contributed by atoms with Crippen LogP contribution in [0.25, 0.3) is 0 Å². The molecule has 0 aromatic heterocycles. The fraction of sp³-hybridized carbons (Fsp3) is 0.300. The Morgan fingerprint density at radius 3 is 2.42 bits per heavy atom. The van der Waals surface area contributed by atoms with Gasteiger partial charge in [0.2, 0.25) is 0 Å². The first-order valence-corrected chi connectivity index (χ1v) is 4.01. The van der Waals surface area contributed by atoms with Gasteiger partial charge in [-0.3, -0.25) is 0 Å². The Hall–Kier alpha value is -1.31. The molecular formula is C10H11O2-. The quantitative estimate of drug-likeness (QED) is 0.665. The minimum atomic E-state index is -0.997. The molecule has 12 heavy (non-hydrogen) atoms. The summed E-state index contributed by atoms with van der Waals surface area (Å²) < 4.78 is 0. The molecule has 2 heteroatoms. The summed E-state index contributed by atoms with van der Waals surface area (Å²) in [5, 5.41) is 10.6. The van der Waals surface area contributed by atoms with Gasteiger partial charge in [-0.1, -0.05) is 37.3 Å². The molecule has 0 aliphatic rings. The predicted octanol–water partition coefficient (Wildman–Crippen LogP) is 0.930. The van der Waals surface area contributed by atoms with E-state index in [9.17, 15) is 9.90 Å². The van der Waals surface area contributed by atoms with Crippen molar-refractivity contribution in [2.24, 2.45) is 0 Å². The predicted molar refractivity (Wildman–Crippen MR) is 44.5 cm³/mol. The molecule has 0 unspecified atom stereocenters. The molecule has 0 bridgehead atoms. The molecule has 0 saturated carbocycles. The molecule has 0 spiro atoms. The maximum Gasteiger partial charge on any atom is 0.0489 e. The van der Waals surface area contributed by atoms with E-state index in [1.54, 1.807) is 0 Å². The SMILES string of the molecule is CC[C@H](C(=O)[O-])c1ccccc1. The minimum absolute atomic E-state index is 0.466. The van der Waals surface area contributed by atoms with Gasteiger partial charge in [-0.25, -0.2) is 0 Å². The number of carboxylic acid groups (broad SMARTS) is 1. The average Bonchev–Trinajstić information content (AvgIpc) is 2.07. The monoisotopic (exact) mass is 163 g/mol. The van der Waals surface area contributed by atoms with E-state index in [1.807, 2.05) is 37.3 Å². The van der Waals surface area contributed by atoms with Crippen LogP contribution in [0.2, 0.25) is 0 Å². The number of carbonyl (C=O) groups is 1. The van der Waals surface area contributed by atoms with E-state index in [4.69, 9.17) is 0 Å². The third-order valence-corrected chi connectivity index (χ3v) is 1.89. The van der Waals surface area contributed by atoms with Crippen molar-refractivity contribution in [2.45, 2.75) is 19.3 Å². The summed E-state index contributed by atoms with van der Waals surface area (Å²) in [5.41, 5.74) is 0.819. The first kappa shape index (κ1) is 8.78. The van der Waals surface area contributed by atoms with E-state index in [0.29, 0.717) is 6.42 Å². The molecule has 0 amide bonds. The van der Waals surface area contributed by atoms with E-state index in [0.717, 1.165) is 5.56 Å². The third-order valence-electron chi connectivity index (χ3n) is 1.89. The van der Waals surface area contributed by atoms with Crippen LogP contribution in [0.1, 0.15) is 24.8 Å². The zero-order valence-corrected chi connectivity index (χ0v) is 6.99. The molecule has 2 nitrogen and oxygen atoms in total. The molecule has 64 valence electrons. The van der Waals surface area contributed by atoms with E-state index in [1.165, 1.54) is 0 Å². The zero-order chi connectivity index (χ0) is 8.97. The van der Waals surface area contributed by atoms with Crippen LogP contribution < -0.4 is 5.11 Å². The van der Waals surface area contributed by atoms with Gasteiger partial charge in [-0.2, -0.15) is 0 Å². The highest BCUT2D eigenvalue weighted by atomic mass is 16.4. The molecule has 0 radical (unpaired) electrons. The van der Waals surface area contributed by atoms with E-state index < -0.39 is 11.9 Å². The number of carbonyl (C=O) groups excluding carboxylic acids is 1. The second-order valence-corrected chi connectivity index (χ2v) is 2.69. The highest BCUT2D eigenvalue weighted by Crippen LogP contribution is 2.17. The Morgan fingerprint density at radius 1 is 1.42 bits per heavy atom. The first-order valence-electron chi connectivity index (χ1n) is 4.01. The molecule has 1 aromatic rings. The van der Waals surface area contributed by atoms with Gasteiger partial charge >= 0.3 is 0 Å². The van der Waals surface area contributed by atoms with Crippen molar-refractivity contribution in [2.75, 3.05) is 0 Å². The van der Waals surface area contributed by atoms with Crippen LogP contribution in [0.4, 0.5) is 0 Å². The van der Waals surface area contributed by atoms with Crippen LogP contribution in [0.5, 0.6) is 0 Å². The van der Waals surface area contributed by atoms with Gasteiger partial charge in [-0.15, -0.1) is 0 Å². The second-order valence-electron chi connectivity index (χ2n) is 2.69. The lowest BCUT2D eigenvalue weighted by Crippen LogP contribution is -2.29. The van der Waals surface area contributed by atoms with E-state index >= 15 is 0 Å². The van der Waals surface area contributed by atoms with Gasteiger partial charge < -0.3 is 9.90 Å². The van der Waals surface area contributed by atoms with Crippen LogP contribution in [-0.4, -0.2) is 5.97 Å². The Balaban J connectivity index is 2.88. The van der Waals surface area contributed by atoms with Gasteiger partial charge in [0.15, 0.2) is 0 Å². The maximum atomic E-state index is 10.6. The van der Waals surface area contributed by atoms with Gasteiger partial charge in [0.05, 0.1) is 0 Å². The minimum Gasteiger partial charge on any atom is -0.549 e. The highest BCUT2D eigenvalue weighted by molar-refractivity contribution is 5.73. The zero-order valence-electron chi connectivity index (χ0n) is 6.99. The number of carboxylic acids is 1. The number of benzene rings is 1. The fourth-order valence-electron chi connectivity index (χ4n) is 1.22. The summed E-state index contributed by atoms with van der Waals surface area (Å²) in [7, 11) is 0. The third kappa shape index (κ3) is 1.84. The molecule has 0 aliphatic heterocycles. The summed E-state index contributed by atoms with van der Waals surface area (Å²) in [6.07, 6.45) is 0.576. The molecule has 1 rings (SSSR count). The molecule has 0 aliphatic carbocycles. The Labute approximate surface area is 71.8 Å². The Morgan fingerprint density at radius 2 is 2.00 bits per heavy atom. The van der Waals surface area contributed by atoms with Crippen LogP contribution in [-0.2, 0) is 4.79 Å². The van der Waals surface area contributed by atoms with Gasteiger partial charge in [-0.05, 0) is 12.0 Å². The van der Waals surface area contributed by atoms with Crippen molar-refractivity contribution in [3.8, 4) is 0 Å². The summed E-state index contributed by atoms with van der Waals surface area (Å²) in [5.74, 6) is -1.46. The van der Waals surface area contributed by atoms with Crippen LogP contribution >= 0.6 is 0 Å². The summed E-state index contributed by atoms with van der Waals surface area (Å²) in [6, 6.07) is 9.15. The van der Waals surface area contributed by atoms with Crippen molar-refractivity contribution >= 4 is 5.97 Å². The lowest BCUT2D eigenvalue weighted by molar-refractivity contribution is -0.308. The molecule has 0 fully saturated rings. The topological polar surface area (TPSA) is 40.1 Å². The normalized spacial score (nSPS) is 12.4. The summed E-state index contributed by atoms with van der Waals surface area (Å²) >= 11 is 0. The van der Waals surface area contributed by atoms with Gasteiger partial charge in [0, 0.05) is 11.9 Å². The molecule has 0 saturated heterocycles. The Bertz CT molecular complexity index is 254. The van der Waals surface area contributed by atoms with Crippen molar-refractivity contribution in [1.29, 1.82) is 0 Å². The first-order chi connectivity index (χ1) is 5.75. The largest absolute Gasteiger partial charge is 0.549 e. The number of hydrogen-bond acceptors (Lipinski definition) is 2. The second kappa shape index (κ2) is 3.90. The molecule has 1 atom stereocenters. The summed E-state index contributed by atoms with van der Waals surface area (Å²) in [6.45, 7) is 1.84. The number of hydrogen-bond donors (Lipinski definition) is 0. The molecule has 0 heterocycles. The van der Waals surface area contributed by atoms with E-state index in [-0.39, 0.29) is 0 Å². The Kier molecular flexibility index (Phi) is 2.86. The highest BCUT2D eigenvalue weighted by Gasteiger charge is 2.08. The number of aliphatic carboxylic acids is 1. The van der Waals surface area contributed by atoms with Crippen molar-refractivity contribution in [1.82, 2.24) is 0 Å².